The van der Waals surface area contributed by atoms with Crippen LogP contribution in [-0.2, 0) is 19.1 Å². The van der Waals surface area contributed by atoms with Gasteiger partial charge >= 0.3 is 12.1 Å². The van der Waals surface area contributed by atoms with E-state index >= 15 is 0 Å². The maximum atomic E-state index is 13.1. The van der Waals surface area contributed by atoms with Gasteiger partial charge in [-0.05, 0) is 28.2 Å². The van der Waals surface area contributed by atoms with E-state index in [9.17, 15) is 19.2 Å². The van der Waals surface area contributed by atoms with Gasteiger partial charge in [0.2, 0.25) is 11.8 Å². The molecule has 1 unspecified atom stereocenters. The second-order valence-corrected chi connectivity index (χ2v) is 9.16. The highest BCUT2D eigenvalue weighted by atomic mass is 16.5. The first-order chi connectivity index (χ1) is 16.8. The van der Waals surface area contributed by atoms with E-state index in [0.29, 0.717) is 0 Å². The van der Waals surface area contributed by atoms with E-state index in [1.807, 2.05) is 36.4 Å². The molecule has 0 aromatic heterocycles. The number of carboxylic acids is 1. The van der Waals surface area contributed by atoms with Gasteiger partial charge < -0.3 is 25.0 Å². The van der Waals surface area contributed by atoms with Crippen LogP contribution in [-0.4, -0.2) is 77.6 Å². The number of ether oxygens (including phenoxy) is 1. The standard InChI is InChI=1S/C26H29N3O6/c1-16(2)24(25(33)29-12-11-28(14-23(31)32)22(30)13-29)27-26(34)35-15-21-19-9-5-3-7-17(19)18-8-4-6-10-20(18)21/h3-10,16,21,24H,11-15H2,1-2H3,(H,27,34)(H,31,32). The molecule has 9 nitrogen and oxygen atoms in total. The number of nitrogens with one attached hydrogen (secondary N) is 1. The summed E-state index contributed by atoms with van der Waals surface area (Å²) < 4.78 is 5.58. The van der Waals surface area contributed by atoms with E-state index in [1.165, 1.54) is 9.80 Å². The second kappa shape index (κ2) is 10.2. The molecule has 2 N–H and O–H groups in total. The molecule has 0 radical (unpaired) electrons. The fourth-order valence-corrected chi connectivity index (χ4v) is 4.70. The first kappa shape index (κ1) is 24.3. The summed E-state index contributed by atoms with van der Waals surface area (Å²) in [4.78, 5) is 51.6. The van der Waals surface area contributed by atoms with Crippen molar-refractivity contribution >= 4 is 23.9 Å². The molecule has 3 amide bonds. The summed E-state index contributed by atoms with van der Waals surface area (Å²) in [6.07, 6.45) is -0.699. The van der Waals surface area contributed by atoms with Crippen LogP contribution < -0.4 is 5.32 Å². The third-order valence-electron chi connectivity index (χ3n) is 6.51. The minimum absolute atomic E-state index is 0.0960. The second-order valence-electron chi connectivity index (χ2n) is 9.16. The molecule has 184 valence electrons. The van der Waals surface area contributed by atoms with E-state index in [1.54, 1.807) is 13.8 Å². The normalized spacial score (nSPS) is 16.0. The molecular weight excluding hydrogens is 450 g/mol. The molecular formula is C26H29N3O6. The first-order valence-corrected chi connectivity index (χ1v) is 11.7. The van der Waals surface area contributed by atoms with Crippen LogP contribution in [0.15, 0.2) is 48.5 Å². The van der Waals surface area contributed by atoms with E-state index < -0.39 is 36.5 Å². The number of carboxylic acid groups (broad SMARTS) is 1. The van der Waals surface area contributed by atoms with Gasteiger partial charge in [-0.1, -0.05) is 62.4 Å². The van der Waals surface area contributed by atoms with Crippen molar-refractivity contribution < 1.29 is 29.0 Å². The molecule has 2 aliphatic rings. The number of benzene rings is 2. The van der Waals surface area contributed by atoms with Crippen molar-refractivity contribution in [3.63, 3.8) is 0 Å². The third kappa shape index (κ3) is 5.13. The number of hydrogen-bond donors (Lipinski definition) is 2. The van der Waals surface area contributed by atoms with Crippen molar-refractivity contribution in [1.29, 1.82) is 0 Å². The minimum atomic E-state index is -1.10. The smallest absolute Gasteiger partial charge is 0.407 e. The Kier molecular flexibility index (Phi) is 7.04. The molecule has 2 aromatic carbocycles. The summed E-state index contributed by atoms with van der Waals surface area (Å²) in [7, 11) is 0. The van der Waals surface area contributed by atoms with Crippen LogP contribution in [0.5, 0.6) is 0 Å². The van der Waals surface area contributed by atoms with E-state index in [2.05, 4.69) is 17.4 Å². The summed E-state index contributed by atoms with van der Waals surface area (Å²) in [5.41, 5.74) is 4.43. The lowest BCUT2D eigenvalue weighted by atomic mass is 9.98. The maximum Gasteiger partial charge on any atom is 0.407 e. The van der Waals surface area contributed by atoms with Crippen LogP contribution >= 0.6 is 0 Å². The third-order valence-corrected chi connectivity index (χ3v) is 6.51. The number of hydrogen-bond acceptors (Lipinski definition) is 5. The van der Waals surface area contributed by atoms with Crippen molar-refractivity contribution in [2.75, 3.05) is 32.8 Å². The first-order valence-electron chi connectivity index (χ1n) is 11.7. The van der Waals surface area contributed by atoms with E-state index in [4.69, 9.17) is 9.84 Å². The Labute approximate surface area is 203 Å². The summed E-state index contributed by atoms with van der Waals surface area (Å²) in [5.74, 6) is -2.26. The van der Waals surface area contributed by atoms with Crippen molar-refractivity contribution in [3.8, 4) is 11.1 Å². The number of aliphatic carboxylic acids is 1. The van der Waals surface area contributed by atoms with Gasteiger partial charge in [-0.15, -0.1) is 0 Å². The van der Waals surface area contributed by atoms with Gasteiger partial charge in [0.05, 0.1) is 6.54 Å². The number of piperazine rings is 1. The molecule has 1 aliphatic carbocycles. The highest BCUT2D eigenvalue weighted by Gasteiger charge is 2.35. The Hall–Kier alpha value is -3.88. The lowest BCUT2D eigenvalue weighted by Crippen LogP contribution is -2.58. The van der Waals surface area contributed by atoms with Crippen LogP contribution in [0.3, 0.4) is 0 Å². The molecule has 1 saturated heterocycles. The summed E-state index contributed by atoms with van der Waals surface area (Å²) in [6, 6.07) is 15.2. The van der Waals surface area contributed by atoms with Crippen LogP contribution in [0.2, 0.25) is 0 Å². The summed E-state index contributed by atoms with van der Waals surface area (Å²) in [5, 5.41) is 11.6. The Bertz CT molecular complexity index is 1100. The van der Waals surface area contributed by atoms with Crippen molar-refractivity contribution in [2.45, 2.75) is 25.8 Å². The number of carbonyl (C=O) groups is 4. The topological polar surface area (TPSA) is 116 Å². The van der Waals surface area contributed by atoms with Gasteiger partial charge in [0.1, 0.15) is 19.2 Å². The minimum Gasteiger partial charge on any atom is -0.480 e. The molecule has 0 saturated carbocycles. The van der Waals surface area contributed by atoms with E-state index in [0.717, 1.165) is 22.3 Å². The van der Waals surface area contributed by atoms with Crippen molar-refractivity contribution in [1.82, 2.24) is 15.1 Å². The zero-order valence-corrected chi connectivity index (χ0v) is 19.8. The molecule has 0 bridgehead atoms. The molecule has 9 heteroatoms. The number of alkyl carbamates (subject to hydrolysis) is 1. The monoisotopic (exact) mass is 479 g/mol. The molecule has 0 spiro atoms. The Morgan fingerprint density at radius 1 is 1.03 bits per heavy atom. The molecule has 35 heavy (non-hydrogen) atoms. The molecule has 1 fully saturated rings. The summed E-state index contributed by atoms with van der Waals surface area (Å²) in [6.45, 7) is 3.45. The largest absolute Gasteiger partial charge is 0.480 e. The predicted molar refractivity (Wildman–Crippen MR) is 128 cm³/mol. The van der Waals surface area contributed by atoms with Crippen molar-refractivity contribution in [3.05, 3.63) is 59.7 Å². The molecule has 1 atom stereocenters. The average Bonchev–Trinajstić information content (AvgIpc) is 3.15. The zero-order valence-electron chi connectivity index (χ0n) is 19.8. The average molecular weight is 480 g/mol. The number of nitrogens with zero attached hydrogens (tertiary/aromatic N) is 2. The fraction of sp³-hybridized carbons (Fsp3) is 0.385. The molecule has 1 heterocycles. The van der Waals surface area contributed by atoms with Crippen LogP contribution in [0.4, 0.5) is 4.79 Å². The summed E-state index contributed by atoms with van der Waals surface area (Å²) >= 11 is 0. The van der Waals surface area contributed by atoms with Crippen LogP contribution in [0.1, 0.15) is 30.9 Å². The number of rotatable bonds is 7. The molecule has 1 aliphatic heterocycles. The van der Waals surface area contributed by atoms with Crippen LogP contribution in [0, 0.1) is 5.92 Å². The zero-order chi connectivity index (χ0) is 25.1. The lowest BCUT2D eigenvalue weighted by molar-refractivity contribution is -0.151. The van der Waals surface area contributed by atoms with Crippen molar-refractivity contribution in [2.24, 2.45) is 5.92 Å². The lowest BCUT2D eigenvalue weighted by Gasteiger charge is -2.36. The van der Waals surface area contributed by atoms with Gasteiger partial charge in [-0.3, -0.25) is 14.4 Å². The van der Waals surface area contributed by atoms with Gasteiger partial charge in [-0.2, -0.15) is 0 Å². The van der Waals surface area contributed by atoms with Gasteiger partial charge in [0.25, 0.3) is 0 Å². The van der Waals surface area contributed by atoms with E-state index in [-0.39, 0.29) is 38.1 Å². The number of fused-ring (bicyclic) bond motifs is 3. The predicted octanol–water partition coefficient (Wildman–Crippen LogP) is 2.31. The maximum absolute atomic E-state index is 13.1. The Balaban J connectivity index is 1.38. The Morgan fingerprint density at radius 2 is 1.63 bits per heavy atom. The Morgan fingerprint density at radius 3 is 2.17 bits per heavy atom. The van der Waals surface area contributed by atoms with Gasteiger partial charge in [-0.25, -0.2) is 4.79 Å². The van der Waals surface area contributed by atoms with Crippen LogP contribution in [0.25, 0.3) is 11.1 Å². The fourth-order valence-electron chi connectivity index (χ4n) is 4.70. The number of amides is 3. The SMILES string of the molecule is CC(C)C(NC(=O)OCC1c2ccccc2-c2ccccc21)C(=O)N1CCN(CC(=O)O)C(=O)C1. The van der Waals surface area contributed by atoms with Gasteiger partial charge in [0.15, 0.2) is 0 Å². The molecule has 4 rings (SSSR count). The number of carbonyl (C=O) groups excluding carboxylic acids is 3. The highest BCUT2D eigenvalue weighted by molar-refractivity contribution is 5.91. The quantitative estimate of drug-likeness (QED) is 0.630. The molecule has 2 aromatic rings. The highest BCUT2D eigenvalue weighted by Crippen LogP contribution is 2.44. The van der Waals surface area contributed by atoms with Gasteiger partial charge in [0, 0.05) is 19.0 Å².